The van der Waals surface area contributed by atoms with E-state index in [9.17, 15) is 0 Å². The van der Waals surface area contributed by atoms with Crippen molar-refractivity contribution < 1.29 is 0 Å². The zero-order valence-electron chi connectivity index (χ0n) is 11.6. The highest BCUT2D eigenvalue weighted by Gasteiger charge is 2.41. The van der Waals surface area contributed by atoms with E-state index in [1.54, 1.807) is 10.9 Å². The summed E-state index contributed by atoms with van der Waals surface area (Å²) >= 11 is 0. The van der Waals surface area contributed by atoms with Crippen molar-refractivity contribution >= 4 is 0 Å². The third kappa shape index (κ3) is 2.15. The molecular weight excluding hydrogens is 228 g/mol. The summed E-state index contributed by atoms with van der Waals surface area (Å²) in [5.74, 6) is 5.82. The van der Waals surface area contributed by atoms with Crippen molar-refractivity contribution in [2.45, 2.75) is 44.7 Å². The lowest BCUT2D eigenvalue weighted by molar-refractivity contribution is 0.0806. The number of likely N-dealkylation sites (tertiary alicyclic amines) is 1. The molecule has 1 fully saturated rings. The Balaban J connectivity index is 2.31. The monoisotopic (exact) mass is 252 g/mol. The Labute approximate surface area is 108 Å². The van der Waals surface area contributed by atoms with E-state index in [0.29, 0.717) is 0 Å². The fraction of sp³-hybridized carbons (Fsp3) is 0.833. The molecule has 18 heavy (non-hydrogen) atoms. The summed E-state index contributed by atoms with van der Waals surface area (Å²) in [5, 5.41) is 7.98. The highest BCUT2D eigenvalue weighted by Crippen LogP contribution is 2.35. The standard InChI is InChI=1S/C12H24N6/c1-4-12(2,18-7-5-6-8-18)11(15-13)10-9-14-16-17(10)3/h9,11,15H,4-8,13H2,1-3H3. The van der Waals surface area contributed by atoms with E-state index in [0.717, 1.165) is 25.2 Å². The Morgan fingerprint density at radius 1 is 1.50 bits per heavy atom. The van der Waals surface area contributed by atoms with Gasteiger partial charge in [0.25, 0.3) is 0 Å². The van der Waals surface area contributed by atoms with Crippen molar-refractivity contribution in [1.29, 1.82) is 0 Å². The van der Waals surface area contributed by atoms with Gasteiger partial charge in [0.1, 0.15) is 0 Å². The van der Waals surface area contributed by atoms with Gasteiger partial charge in [-0.15, -0.1) is 5.10 Å². The molecule has 0 aliphatic carbocycles. The van der Waals surface area contributed by atoms with Gasteiger partial charge in [-0.2, -0.15) is 0 Å². The van der Waals surface area contributed by atoms with Gasteiger partial charge in [0.2, 0.25) is 0 Å². The first-order valence-corrected chi connectivity index (χ1v) is 6.69. The largest absolute Gasteiger partial charge is 0.296 e. The van der Waals surface area contributed by atoms with Crippen LogP contribution in [0.25, 0.3) is 0 Å². The summed E-state index contributed by atoms with van der Waals surface area (Å²) in [6, 6.07) is 0.0422. The van der Waals surface area contributed by atoms with Gasteiger partial charge in [0.15, 0.2) is 0 Å². The molecule has 6 heteroatoms. The number of hydrogen-bond acceptors (Lipinski definition) is 5. The van der Waals surface area contributed by atoms with Crippen LogP contribution in [0.3, 0.4) is 0 Å². The smallest absolute Gasteiger partial charge is 0.0825 e. The van der Waals surface area contributed by atoms with Crippen LogP contribution in [0, 0.1) is 0 Å². The SMILES string of the molecule is CCC(C)(C(NN)c1cnnn1C)N1CCCC1. The molecule has 2 heterocycles. The van der Waals surface area contributed by atoms with Gasteiger partial charge in [0.05, 0.1) is 17.9 Å². The van der Waals surface area contributed by atoms with Crippen LogP contribution in [-0.4, -0.2) is 38.5 Å². The summed E-state index contributed by atoms with van der Waals surface area (Å²) in [6.45, 7) is 6.78. The molecule has 0 spiro atoms. The van der Waals surface area contributed by atoms with Crippen LogP contribution in [0.1, 0.15) is 44.8 Å². The maximum atomic E-state index is 5.82. The zero-order valence-corrected chi connectivity index (χ0v) is 11.6. The molecule has 2 atom stereocenters. The van der Waals surface area contributed by atoms with Crippen LogP contribution >= 0.6 is 0 Å². The predicted molar refractivity (Wildman–Crippen MR) is 70.6 cm³/mol. The van der Waals surface area contributed by atoms with Gasteiger partial charge >= 0.3 is 0 Å². The van der Waals surface area contributed by atoms with Crippen LogP contribution < -0.4 is 11.3 Å². The lowest BCUT2D eigenvalue weighted by Gasteiger charge is -2.43. The highest BCUT2D eigenvalue weighted by molar-refractivity contribution is 5.11. The minimum absolute atomic E-state index is 0.000718. The van der Waals surface area contributed by atoms with Crippen LogP contribution in [0.15, 0.2) is 6.20 Å². The fourth-order valence-corrected chi connectivity index (χ4v) is 2.98. The normalized spacial score (nSPS) is 22.0. The molecule has 0 amide bonds. The van der Waals surface area contributed by atoms with Gasteiger partial charge in [-0.05, 0) is 39.3 Å². The predicted octanol–water partition coefficient (Wildman–Crippen LogP) is 0.584. The molecule has 0 bridgehead atoms. The summed E-state index contributed by atoms with van der Waals surface area (Å²) in [5.41, 5.74) is 4.01. The van der Waals surface area contributed by atoms with Crippen LogP contribution in [0.4, 0.5) is 0 Å². The fourth-order valence-electron chi connectivity index (χ4n) is 2.98. The lowest BCUT2D eigenvalue weighted by Crippen LogP contribution is -2.55. The Hall–Kier alpha value is -0.980. The van der Waals surface area contributed by atoms with Crippen molar-refractivity contribution in [1.82, 2.24) is 25.3 Å². The molecule has 2 rings (SSSR count). The maximum absolute atomic E-state index is 5.82. The summed E-state index contributed by atoms with van der Waals surface area (Å²) in [4.78, 5) is 2.53. The number of hydrazine groups is 1. The first-order valence-electron chi connectivity index (χ1n) is 6.69. The quantitative estimate of drug-likeness (QED) is 0.592. The Bertz CT molecular complexity index is 384. The first kappa shape index (κ1) is 13.5. The second-order valence-corrected chi connectivity index (χ2v) is 5.29. The van der Waals surface area contributed by atoms with Gasteiger partial charge < -0.3 is 0 Å². The second-order valence-electron chi connectivity index (χ2n) is 5.29. The number of rotatable bonds is 5. The van der Waals surface area contributed by atoms with Crippen molar-refractivity contribution in [3.05, 3.63) is 11.9 Å². The van der Waals surface area contributed by atoms with Crippen molar-refractivity contribution in [3.8, 4) is 0 Å². The van der Waals surface area contributed by atoms with E-state index in [4.69, 9.17) is 5.84 Å². The van der Waals surface area contributed by atoms with Crippen molar-refractivity contribution in [2.75, 3.05) is 13.1 Å². The topological polar surface area (TPSA) is 72.0 Å². The third-order valence-electron chi connectivity index (χ3n) is 4.38. The van der Waals surface area contributed by atoms with E-state index < -0.39 is 0 Å². The molecule has 2 unspecified atom stereocenters. The molecule has 1 aromatic heterocycles. The molecule has 3 N–H and O–H groups in total. The number of aryl methyl sites for hydroxylation is 1. The van der Waals surface area contributed by atoms with Gasteiger partial charge in [-0.1, -0.05) is 12.1 Å². The average molecular weight is 252 g/mol. The minimum Gasteiger partial charge on any atom is -0.296 e. The lowest BCUT2D eigenvalue weighted by atomic mass is 9.86. The minimum atomic E-state index is 0.000718. The number of nitrogens with one attached hydrogen (secondary N) is 1. The maximum Gasteiger partial charge on any atom is 0.0825 e. The van der Waals surface area contributed by atoms with Crippen LogP contribution in [0.2, 0.25) is 0 Å². The number of aromatic nitrogens is 3. The van der Waals surface area contributed by atoms with E-state index in [1.165, 1.54) is 12.8 Å². The molecule has 102 valence electrons. The van der Waals surface area contributed by atoms with Crippen LogP contribution in [-0.2, 0) is 7.05 Å². The third-order valence-corrected chi connectivity index (χ3v) is 4.38. The molecule has 0 saturated carbocycles. The van der Waals surface area contributed by atoms with Crippen molar-refractivity contribution in [3.63, 3.8) is 0 Å². The molecule has 0 radical (unpaired) electrons. The summed E-state index contributed by atoms with van der Waals surface area (Å²) in [7, 11) is 1.91. The Morgan fingerprint density at radius 2 is 2.17 bits per heavy atom. The molecule has 1 aromatic rings. The van der Waals surface area contributed by atoms with E-state index >= 15 is 0 Å². The Morgan fingerprint density at radius 3 is 2.61 bits per heavy atom. The Kier molecular flexibility index (Phi) is 3.99. The molecule has 6 nitrogen and oxygen atoms in total. The molecule has 0 aromatic carbocycles. The average Bonchev–Trinajstić information content (AvgIpc) is 3.02. The number of hydrogen-bond donors (Lipinski definition) is 2. The van der Waals surface area contributed by atoms with Gasteiger partial charge in [-0.25, -0.2) is 5.43 Å². The summed E-state index contributed by atoms with van der Waals surface area (Å²) in [6.07, 6.45) is 5.38. The number of nitrogens with zero attached hydrogens (tertiary/aromatic N) is 4. The first-order chi connectivity index (χ1) is 8.63. The molecule has 1 aliphatic heterocycles. The van der Waals surface area contributed by atoms with E-state index in [1.807, 2.05) is 7.05 Å². The van der Waals surface area contributed by atoms with Gasteiger partial charge in [-0.3, -0.25) is 15.4 Å². The second kappa shape index (κ2) is 5.34. The molecule has 1 aliphatic rings. The number of nitrogens with two attached hydrogens (primary N) is 1. The molecular formula is C12H24N6. The van der Waals surface area contributed by atoms with Crippen LogP contribution in [0.5, 0.6) is 0 Å². The van der Waals surface area contributed by atoms with E-state index in [2.05, 4.69) is 34.5 Å². The zero-order chi connectivity index (χ0) is 13.2. The molecule has 1 saturated heterocycles. The van der Waals surface area contributed by atoms with Crippen molar-refractivity contribution in [2.24, 2.45) is 12.9 Å². The van der Waals surface area contributed by atoms with E-state index in [-0.39, 0.29) is 11.6 Å². The summed E-state index contributed by atoms with van der Waals surface area (Å²) < 4.78 is 1.80. The highest BCUT2D eigenvalue weighted by atomic mass is 15.4. The van der Waals surface area contributed by atoms with Gasteiger partial charge in [0, 0.05) is 12.6 Å².